The lowest BCUT2D eigenvalue weighted by atomic mass is 9.79. The fourth-order valence-electron chi connectivity index (χ4n) is 3.92. The van der Waals surface area contributed by atoms with Gasteiger partial charge in [-0.05, 0) is 41.5 Å². The second kappa shape index (κ2) is 13.3. The van der Waals surface area contributed by atoms with Crippen molar-refractivity contribution in [2.24, 2.45) is 5.41 Å². The van der Waals surface area contributed by atoms with E-state index in [1.807, 2.05) is 0 Å². The third kappa shape index (κ3) is 8.79. The summed E-state index contributed by atoms with van der Waals surface area (Å²) in [6.45, 7) is 9.99. The number of hydrogen-bond acceptors (Lipinski definition) is 1. The highest BCUT2D eigenvalue weighted by Gasteiger charge is 2.20. The lowest BCUT2D eigenvalue weighted by Gasteiger charge is -2.27. The second-order valence-corrected chi connectivity index (χ2v) is 9.40. The minimum absolute atomic E-state index is 0.00820. The van der Waals surface area contributed by atoms with Gasteiger partial charge in [0.1, 0.15) is 11.6 Å². The van der Waals surface area contributed by atoms with E-state index in [2.05, 4.69) is 57.3 Å². The van der Waals surface area contributed by atoms with Crippen LogP contribution < -0.4 is 5.32 Å². The van der Waals surface area contributed by atoms with Crippen molar-refractivity contribution >= 4 is 11.7 Å². The Bertz CT molecular complexity index is 863. The Kier molecular flexibility index (Phi) is 10.8. The van der Waals surface area contributed by atoms with E-state index in [0.29, 0.717) is 18.5 Å². The molecule has 0 heterocycles. The Hall–Kier alpha value is -2.43. The maximum atomic E-state index is 14.1. The van der Waals surface area contributed by atoms with Crippen LogP contribution in [0, 0.1) is 17.0 Å². The second-order valence-electron chi connectivity index (χ2n) is 9.40. The number of hydrogen-bond donors (Lipinski definition) is 1. The number of rotatable bonds is 13. The van der Waals surface area contributed by atoms with Crippen LogP contribution in [-0.2, 0) is 13.0 Å². The van der Waals surface area contributed by atoms with Crippen molar-refractivity contribution in [1.29, 1.82) is 0 Å². The van der Waals surface area contributed by atoms with E-state index in [9.17, 15) is 13.6 Å². The van der Waals surface area contributed by atoms with E-state index < -0.39 is 11.6 Å². The normalized spacial score (nSPS) is 11.5. The van der Waals surface area contributed by atoms with E-state index >= 15 is 0 Å². The first-order chi connectivity index (χ1) is 15.8. The Morgan fingerprint density at radius 2 is 1.55 bits per heavy atom. The van der Waals surface area contributed by atoms with Crippen LogP contribution in [0.1, 0.15) is 83.8 Å². The first-order valence-corrected chi connectivity index (χ1v) is 12.4. The first kappa shape index (κ1) is 26.8. The smallest absolute Gasteiger partial charge is 0.320 e. The molecule has 0 spiro atoms. The average Bonchev–Trinajstić information content (AvgIpc) is 2.81. The maximum absolute atomic E-state index is 14.1. The summed E-state index contributed by atoms with van der Waals surface area (Å²) in [5, 5.41) is 2.61. The first-order valence-electron chi connectivity index (χ1n) is 12.4. The molecule has 182 valence electrons. The van der Waals surface area contributed by atoms with E-state index in [4.69, 9.17) is 0 Å². The number of carbonyl (C=O) groups excluding carboxylic acids is 1. The number of benzene rings is 2. The van der Waals surface area contributed by atoms with E-state index in [1.165, 1.54) is 18.1 Å². The highest BCUT2D eigenvalue weighted by atomic mass is 19.1. The number of unbranched alkanes of at least 4 members (excludes halogenated alkanes) is 4. The van der Waals surface area contributed by atoms with Crippen LogP contribution in [0.15, 0.2) is 42.5 Å². The lowest BCUT2D eigenvalue weighted by Crippen LogP contribution is -2.35. The summed E-state index contributed by atoms with van der Waals surface area (Å²) in [4.78, 5) is 14.7. The van der Waals surface area contributed by atoms with Gasteiger partial charge in [-0.3, -0.25) is 0 Å². The molecule has 0 radical (unpaired) electrons. The maximum Gasteiger partial charge on any atom is 0.322 e. The van der Waals surface area contributed by atoms with Crippen molar-refractivity contribution in [2.75, 3.05) is 11.9 Å². The van der Waals surface area contributed by atoms with Gasteiger partial charge in [-0.2, -0.15) is 0 Å². The lowest BCUT2D eigenvalue weighted by molar-refractivity contribution is 0.207. The van der Waals surface area contributed by atoms with Crippen molar-refractivity contribution in [3.63, 3.8) is 0 Å². The van der Waals surface area contributed by atoms with Gasteiger partial charge in [-0.25, -0.2) is 13.6 Å². The van der Waals surface area contributed by atoms with Gasteiger partial charge in [-0.15, -0.1) is 0 Å². The molecule has 2 amide bonds. The largest absolute Gasteiger partial charge is 0.322 e. The molecule has 0 aromatic heterocycles. The number of amides is 2. The van der Waals surface area contributed by atoms with E-state index in [0.717, 1.165) is 62.6 Å². The zero-order chi connectivity index (χ0) is 24.3. The summed E-state index contributed by atoms with van der Waals surface area (Å²) in [7, 11) is 0. The fourth-order valence-corrected chi connectivity index (χ4v) is 3.92. The highest BCUT2D eigenvalue weighted by Crippen LogP contribution is 2.30. The molecule has 0 aliphatic heterocycles. The van der Waals surface area contributed by atoms with Crippen LogP contribution >= 0.6 is 0 Å². The van der Waals surface area contributed by atoms with Crippen molar-refractivity contribution < 1.29 is 13.6 Å². The standard InChI is InChI=1S/C28H40F2N2O/c1-5-8-9-10-11-18-32(27(33)31-26-17-16-24(29)19-25(26)30)21-23-14-12-22(13-15-23)20-28(4,6-2)7-3/h12-17,19H,5-11,18,20-21H2,1-4H3,(H,31,33). The van der Waals surface area contributed by atoms with Crippen molar-refractivity contribution in [2.45, 2.75) is 85.6 Å². The summed E-state index contributed by atoms with van der Waals surface area (Å²) in [6.07, 6.45) is 8.73. The molecule has 2 aromatic carbocycles. The number of anilines is 1. The average molecular weight is 459 g/mol. The molecule has 0 aliphatic rings. The summed E-state index contributed by atoms with van der Waals surface area (Å²) >= 11 is 0. The molecular formula is C28H40F2N2O. The summed E-state index contributed by atoms with van der Waals surface area (Å²) in [5.74, 6) is -1.44. The Balaban J connectivity index is 2.08. The molecule has 33 heavy (non-hydrogen) atoms. The SMILES string of the molecule is CCCCCCCN(Cc1ccc(CC(C)(CC)CC)cc1)C(=O)Nc1ccc(F)cc1F. The molecule has 2 rings (SSSR count). The quantitative estimate of drug-likeness (QED) is 0.301. The predicted molar refractivity (Wildman–Crippen MR) is 133 cm³/mol. The van der Waals surface area contributed by atoms with E-state index in [-0.39, 0.29) is 11.7 Å². The van der Waals surface area contributed by atoms with Crippen LogP contribution in [-0.4, -0.2) is 17.5 Å². The molecule has 0 fully saturated rings. The molecule has 5 heteroatoms. The van der Waals surface area contributed by atoms with Gasteiger partial charge in [0.2, 0.25) is 0 Å². The van der Waals surface area contributed by atoms with Gasteiger partial charge in [0.05, 0.1) is 5.69 Å². The van der Waals surface area contributed by atoms with Crippen LogP contribution in [0.2, 0.25) is 0 Å². The molecule has 3 nitrogen and oxygen atoms in total. The zero-order valence-electron chi connectivity index (χ0n) is 20.7. The van der Waals surface area contributed by atoms with Gasteiger partial charge in [0.25, 0.3) is 0 Å². The molecule has 2 aromatic rings. The highest BCUT2D eigenvalue weighted by molar-refractivity contribution is 5.89. The number of nitrogens with one attached hydrogen (secondary N) is 1. The van der Waals surface area contributed by atoms with Crippen LogP contribution in [0.25, 0.3) is 0 Å². The van der Waals surface area contributed by atoms with Crippen LogP contribution in [0.3, 0.4) is 0 Å². The monoisotopic (exact) mass is 458 g/mol. The summed E-state index contributed by atoms with van der Waals surface area (Å²) in [5.41, 5.74) is 2.63. The molecule has 1 N–H and O–H groups in total. The fraction of sp³-hybridized carbons (Fsp3) is 0.536. The Labute approximate surface area is 198 Å². The molecule has 0 atom stereocenters. The summed E-state index contributed by atoms with van der Waals surface area (Å²) in [6, 6.07) is 11.3. The van der Waals surface area contributed by atoms with Crippen LogP contribution in [0.5, 0.6) is 0 Å². The summed E-state index contributed by atoms with van der Waals surface area (Å²) < 4.78 is 27.3. The molecule has 0 saturated carbocycles. The number of halogens is 2. The Morgan fingerprint density at radius 3 is 2.15 bits per heavy atom. The third-order valence-electron chi connectivity index (χ3n) is 6.73. The molecule has 0 aliphatic carbocycles. The van der Waals surface area contributed by atoms with Crippen molar-refractivity contribution in [1.82, 2.24) is 4.90 Å². The van der Waals surface area contributed by atoms with Crippen molar-refractivity contribution in [3.05, 3.63) is 65.2 Å². The third-order valence-corrected chi connectivity index (χ3v) is 6.73. The van der Waals surface area contributed by atoms with Crippen LogP contribution in [0.4, 0.5) is 19.3 Å². The molecule has 0 saturated heterocycles. The van der Waals surface area contributed by atoms with E-state index in [1.54, 1.807) is 4.90 Å². The van der Waals surface area contributed by atoms with Crippen molar-refractivity contribution in [3.8, 4) is 0 Å². The molecule has 0 unspecified atom stereocenters. The number of urea groups is 1. The zero-order valence-corrected chi connectivity index (χ0v) is 20.7. The van der Waals surface area contributed by atoms with Gasteiger partial charge in [0.15, 0.2) is 0 Å². The van der Waals surface area contributed by atoms with Gasteiger partial charge >= 0.3 is 6.03 Å². The number of nitrogens with zero attached hydrogens (tertiary/aromatic N) is 1. The molecule has 0 bridgehead atoms. The Morgan fingerprint density at radius 1 is 0.909 bits per heavy atom. The predicted octanol–water partition coefficient (Wildman–Crippen LogP) is 8.34. The minimum atomic E-state index is -0.773. The number of carbonyl (C=O) groups is 1. The minimum Gasteiger partial charge on any atom is -0.320 e. The molecular weight excluding hydrogens is 418 g/mol. The van der Waals surface area contributed by atoms with Gasteiger partial charge in [-0.1, -0.05) is 90.5 Å². The van der Waals surface area contributed by atoms with Gasteiger partial charge < -0.3 is 10.2 Å². The topological polar surface area (TPSA) is 32.3 Å². The van der Waals surface area contributed by atoms with Gasteiger partial charge in [0, 0.05) is 19.2 Å².